The van der Waals surface area contributed by atoms with E-state index in [1.54, 1.807) is 0 Å². The fourth-order valence-electron chi connectivity index (χ4n) is 2.62. The Labute approximate surface area is 118 Å². The molecule has 1 aromatic carbocycles. The summed E-state index contributed by atoms with van der Waals surface area (Å²) in [6, 6.07) is 10.6. The molecule has 1 radical (unpaired) electrons. The van der Waals surface area contributed by atoms with Crippen LogP contribution in [-0.2, 0) is 6.54 Å². The molecule has 2 nitrogen and oxygen atoms in total. The Morgan fingerprint density at radius 2 is 1.74 bits per heavy atom. The average molecular weight is 259 g/mol. The third-order valence-corrected chi connectivity index (χ3v) is 3.80. The van der Waals surface area contributed by atoms with Gasteiger partial charge in [0.25, 0.3) is 0 Å². The zero-order valence-corrected chi connectivity index (χ0v) is 12.0. The van der Waals surface area contributed by atoms with E-state index in [0.717, 1.165) is 13.1 Å². The van der Waals surface area contributed by atoms with Crippen molar-refractivity contribution >= 4 is 0 Å². The highest BCUT2D eigenvalue weighted by molar-refractivity contribution is 5.14. The van der Waals surface area contributed by atoms with Gasteiger partial charge in [0.15, 0.2) is 0 Å². The number of hydrogen-bond acceptors (Lipinski definition) is 2. The van der Waals surface area contributed by atoms with Crippen LogP contribution in [0, 0.1) is 6.42 Å². The van der Waals surface area contributed by atoms with Gasteiger partial charge in [-0.15, -0.1) is 0 Å². The van der Waals surface area contributed by atoms with Crippen LogP contribution in [0.1, 0.15) is 37.7 Å². The zero-order chi connectivity index (χ0) is 13.2. The van der Waals surface area contributed by atoms with E-state index in [2.05, 4.69) is 47.0 Å². The van der Waals surface area contributed by atoms with Crippen molar-refractivity contribution in [1.29, 1.82) is 0 Å². The van der Waals surface area contributed by atoms with Gasteiger partial charge in [-0.05, 0) is 63.8 Å². The van der Waals surface area contributed by atoms with E-state index in [9.17, 15) is 0 Å². The second-order valence-electron chi connectivity index (χ2n) is 5.43. The summed E-state index contributed by atoms with van der Waals surface area (Å²) in [6.07, 6.45) is 9.00. The maximum absolute atomic E-state index is 3.52. The van der Waals surface area contributed by atoms with E-state index >= 15 is 0 Å². The molecule has 1 fully saturated rings. The molecule has 1 N–H and O–H groups in total. The molecule has 19 heavy (non-hydrogen) atoms. The summed E-state index contributed by atoms with van der Waals surface area (Å²) in [5.41, 5.74) is 1.38. The van der Waals surface area contributed by atoms with Gasteiger partial charge in [-0.3, -0.25) is 0 Å². The molecule has 0 saturated carbocycles. The van der Waals surface area contributed by atoms with E-state index in [-0.39, 0.29) is 0 Å². The fourth-order valence-corrected chi connectivity index (χ4v) is 2.62. The molecule has 0 aliphatic carbocycles. The first-order valence-electron chi connectivity index (χ1n) is 7.74. The molecule has 0 unspecified atom stereocenters. The summed E-state index contributed by atoms with van der Waals surface area (Å²) < 4.78 is 0. The summed E-state index contributed by atoms with van der Waals surface area (Å²) in [5.74, 6) is 0. The number of rotatable bonds is 8. The highest BCUT2D eigenvalue weighted by Gasteiger charge is 2.08. The minimum absolute atomic E-state index is 1.00. The number of nitrogens with one attached hydrogen (secondary N) is 1. The molecule has 0 aromatic heterocycles. The molecule has 0 amide bonds. The number of likely N-dealkylation sites (tertiary alicyclic amines) is 1. The minimum Gasteiger partial charge on any atom is -0.313 e. The molecule has 1 aliphatic heterocycles. The molecule has 0 spiro atoms. The quantitative estimate of drug-likeness (QED) is 0.721. The second-order valence-corrected chi connectivity index (χ2v) is 5.43. The molecule has 2 heteroatoms. The molecule has 0 bridgehead atoms. The van der Waals surface area contributed by atoms with E-state index < -0.39 is 0 Å². The maximum atomic E-state index is 3.52. The molecule has 1 heterocycles. The number of unbranched alkanes of at least 4 members (excludes halogenated alkanes) is 2. The van der Waals surface area contributed by atoms with Crippen LogP contribution in [0.2, 0.25) is 0 Å². The maximum Gasteiger partial charge on any atom is 0.0205 e. The van der Waals surface area contributed by atoms with Crippen LogP contribution in [-0.4, -0.2) is 31.1 Å². The van der Waals surface area contributed by atoms with Gasteiger partial charge in [0, 0.05) is 6.54 Å². The lowest BCUT2D eigenvalue weighted by molar-refractivity contribution is 0.248. The van der Waals surface area contributed by atoms with Gasteiger partial charge in [0.1, 0.15) is 0 Å². The van der Waals surface area contributed by atoms with Gasteiger partial charge in [-0.1, -0.05) is 36.8 Å². The van der Waals surface area contributed by atoms with Gasteiger partial charge in [-0.2, -0.15) is 0 Å². The van der Waals surface area contributed by atoms with E-state index in [4.69, 9.17) is 0 Å². The van der Waals surface area contributed by atoms with Crippen molar-refractivity contribution in [3.05, 3.63) is 42.3 Å². The van der Waals surface area contributed by atoms with Crippen molar-refractivity contribution < 1.29 is 0 Å². The molecule has 2 rings (SSSR count). The summed E-state index contributed by atoms with van der Waals surface area (Å²) >= 11 is 0. The van der Waals surface area contributed by atoms with Crippen molar-refractivity contribution in [2.24, 2.45) is 0 Å². The van der Waals surface area contributed by atoms with Crippen molar-refractivity contribution in [1.82, 2.24) is 10.2 Å². The molecular weight excluding hydrogens is 232 g/mol. The van der Waals surface area contributed by atoms with Gasteiger partial charge in [-0.25, -0.2) is 0 Å². The molecular formula is C17H27N2. The predicted octanol–water partition coefficient (Wildman–Crippen LogP) is 3.25. The average Bonchev–Trinajstić information content (AvgIpc) is 2.48. The molecule has 0 atom stereocenters. The lowest BCUT2D eigenvalue weighted by atomic mass is 10.1. The normalized spacial score (nSPS) is 16.6. The van der Waals surface area contributed by atoms with Crippen molar-refractivity contribution in [2.75, 3.05) is 26.2 Å². The van der Waals surface area contributed by atoms with Crippen LogP contribution in [0.5, 0.6) is 0 Å². The first-order valence-corrected chi connectivity index (χ1v) is 7.74. The summed E-state index contributed by atoms with van der Waals surface area (Å²) in [5, 5.41) is 3.52. The van der Waals surface area contributed by atoms with Gasteiger partial charge in [0.2, 0.25) is 0 Å². The van der Waals surface area contributed by atoms with Crippen molar-refractivity contribution in [3.63, 3.8) is 0 Å². The third-order valence-electron chi connectivity index (χ3n) is 3.80. The number of hydrogen-bond donors (Lipinski definition) is 1. The highest BCUT2D eigenvalue weighted by atomic mass is 15.1. The van der Waals surface area contributed by atoms with E-state index in [1.165, 1.54) is 57.3 Å². The molecule has 1 aliphatic rings. The Hall–Kier alpha value is -0.860. The fraction of sp³-hybridized carbons (Fsp3) is 0.588. The van der Waals surface area contributed by atoms with Crippen LogP contribution < -0.4 is 5.32 Å². The van der Waals surface area contributed by atoms with Crippen LogP contribution in [0.3, 0.4) is 0 Å². The monoisotopic (exact) mass is 259 g/mol. The minimum atomic E-state index is 1.00. The van der Waals surface area contributed by atoms with Gasteiger partial charge in [0.05, 0.1) is 0 Å². The SMILES string of the molecule is [CH]1CCN(CCCCCNCc2ccccc2)CC1. The Morgan fingerprint density at radius 3 is 2.53 bits per heavy atom. The summed E-state index contributed by atoms with van der Waals surface area (Å²) in [6.45, 7) is 6.01. The first-order chi connectivity index (χ1) is 9.45. The first kappa shape index (κ1) is 14.5. The third kappa shape index (κ3) is 6.22. The van der Waals surface area contributed by atoms with Gasteiger partial charge < -0.3 is 10.2 Å². The summed E-state index contributed by atoms with van der Waals surface area (Å²) in [4.78, 5) is 2.61. The highest BCUT2D eigenvalue weighted by Crippen LogP contribution is 2.08. The Bertz CT molecular complexity index is 317. The molecule has 1 saturated heterocycles. The Kier molecular flexibility index (Phi) is 6.97. The predicted molar refractivity (Wildman–Crippen MR) is 82.0 cm³/mol. The Morgan fingerprint density at radius 1 is 0.947 bits per heavy atom. The lowest BCUT2D eigenvalue weighted by Gasteiger charge is -2.26. The lowest BCUT2D eigenvalue weighted by Crippen LogP contribution is -2.30. The smallest absolute Gasteiger partial charge is 0.0205 e. The largest absolute Gasteiger partial charge is 0.313 e. The van der Waals surface area contributed by atoms with Crippen molar-refractivity contribution in [2.45, 2.75) is 38.6 Å². The van der Waals surface area contributed by atoms with Crippen LogP contribution >= 0.6 is 0 Å². The van der Waals surface area contributed by atoms with Gasteiger partial charge >= 0.3 is 0 Å². The standard InChI is InChI=1S/C17H27N2/c1-4-10-17(11-5-1)16-18-12-6-2-7-13-19-14-8-3-9-15-19/h1,3-5,10-11,18H,2,6-9,12-16H2. The van der Waals surface area contributed by atoms with E-state index in [1.807, 2.05) is 0 Å². The van der Waals surface area contributed by atoms with Crippen LogP contribution in [0.15, 0.2) is 30.3 Å². The second kappa shape index (κ2) is 9.11. The topological polar surface area (TPSA) is 15.3 Å². The van der Waals surface area contributed by atoms with E-state index in [0.29, 0.717) is 0 Å². The number of piperidine rings is 1. The molecule has 105 valence electrons. The summed E-state index contributed by atoms with van der Waals surface area (Å²) in [7, 11) is 0. The number of nitrogens with zero attached hydrogens (tertiary/aromatic N) is 1. The zero-order valence-electron chi connectivity index (χ0n) is 12.0. The van der Waals surface area contributed by atoms with Crippen LogP contribution in [0.4, 0.5) is 0 Å². The van der Waals surface area contributed by atoms with Crippen LogP contribution in [0.25, 0.3) is 0 Å². The molecule has 1 aromatic rings. The Balaban J connectivity index is 1.42. The van der Waals surface area contributed by atoms with Crippen molar-refractivity contribution in [3.8, 4) is 0 Å². The number of benzene rings is 1.